The molecule has 1 aromatic carbocycles. The van der Waals surface area contributed by atoms with Crippen LogP contribution in [0.2, 0.25) is 0 Å². The summed E-state index contributed by atoms with van der Waals surface area (Å²) in [5.74, 6) is -0.928. The molecule has 1 rings (SSSR count). The maximum Gasteiger partial charge on any atom is 0.242 e. The highest BCUT2D eigenvalue weighted by Gasteiger charge is 2.10. The van der Waals surface area contributed by atoms with E-state index in [-0.39, 0.29) is 30.7 Å². The molecule has 0 aliphatic rings. The summed E-state index contributed by atoms with van der Waals surface area (Å²) in [6.45, 7) is 0.125. The Morgan fingerprint density at radius 1 is 1.33 bits per heavy atom. The van der Waals surface area contributed by atoms with Gasteiger partial charge >= 0.3 is 0 Å². The van der Waals surface area contributed by atoms with Gasteiger partial charge in [0, 0.05) is 13.6 Å². The molecule has 98 valence electrons. The number of nitrogens with two attached hydrogens (primary N) is 1. The van der Waals surface area contributed by atoms with Gasteiger partial charge in [0.2, 0.25) is 11.8 Å². The zero-order valence-corrected chi connectivity index (χ0v) is 10.1. The van der Waals surface area contributed by atoms with Crippen molar-refractivity contribution in [3.8, 4) is 0 Å². The summed E-state index contributed by atoms with van der Waals surface area (Å²) in [6.07, 6.45) is 0. The number of halogens is 1. The summed E-state index contributed by atoms with van der Waals surface area (Å²) in [5, 5.41) is 2.39. The topological polar surface area (TPSA) is 75.4 Å². The maximum absolute atomic E-state index is 12.7. The molecule has 18 heavy (non-hydrogen) atoms. The molecule has 0 fully saturated rings. The molecular weight excluding hydrogens is 237 g/mol. The van der Waals surface area contributed by atoms with E-state index >= 15 is 0 Å². The molecule has 0 spiro atoms. The van der Waals surface area contributed by atoms with Crippen LogP contribution in [0.15, 0.2) is 24.3 Å². The van der Waals surface area contributed by atoms with Crippen LogP contribution in [-0.2, 0) is 16.1 Å². The van der Waals surface area contributed by atoms with E-state index in [2.05, 4.69) is 5.32 Å². The summed E-state index contributed by atoms with van der Waals surface area (Å²) in [7, 11) is 1.61. The lowest BCUT2D eigenvalue weighted by Crippen LogP contribution is -2.40. The number of hydrogen-bond acceptors (Lipinski definition) is 3. The van der Waals surface area contributed by atoms with E-state index < -0.39 is 0 Å². The molecule has 0 aromatic heterocycles. The first-order valence-corrected chi connectivity index (χ1v) is 5.48. The Bertz CT molecular complexity index is 420. The maximum atomic E-state index is 12.7. The number of nitrogens with one attached hydrogen (secondary N) is 1. The van der Waals surface area contributed by atoms with Crippen LogP contribution in [0, 0.1) is 5.82 Å². The molecule has 6 heteroatoms. The monoisotopic (exact) mass is 253 g/mol. The number of amides is 2. The van der Waals surface area contributed by atoms with E-state index in [9.17, 15) is 14.0 Å². The number of hydrogen-bond donors (Lipinski definition) is 2. The summed E-state index contributed by atoms with van der Waals surface area (Å²) in [4.78, 5) is 24.0. The average Bonchev–Trinajstić information content (AvgIpc) is 2.38. The molecule has 0 aliphatic carbocycles. The Hall–Kier alpha value is -1.95. The van der Waals surface area contributed by atoms with E-state index in [1.165, 1.54) is 17.0 Å². The molecule has 0 bridgehead atoms. The highest BCUT2D eigenvalue weighted by molar-refractivity contribution is 5.85. The Morgan fingerprint density at radius 2 is 1.94 bits per heavy atom. The van der Waals surface area contributed by atoms with Crippen molar-refractivity contribution in [2.75, 3.05) is 20.1 Å². The molecule has 0 saturated heterocycles. The van der Waals surface area contributed by atoms with Gasteiger partial charge in [-0.2, -0.15) is 0 Å². The largest absolute Gasteiger partial charge is 0.346 e. The van der Waals surface area contributed by atoms with Crippen molar-refractivity contribution in [1.82, 2.24) is 10.2 Å². The molecule has 0 aliphatic heterocycles. The number of carbonyl (C=O) groups excluding carboxylic acids is 2. The quantitative estimate of drug-likeness (QED) is 0.767. The molecule has 5 nitrogen and oxygen atoms in total. The molecule has 2 amide bonds. The minimum Gasteiger partial charge on any atom is -0.346 e. The Labute approximate surface area is 105 Å². The van der Waals surface area contributed by atoms with Gasteiger partial charge in [-0.1, -0.05) is 12.1 Å². The molecule has 1 aromatic rings. The van der Waals surface area contributed by atoms with Gasteiger partial charge in [-0.15, -0.1) is 0 Å². The summed E-state index contributed by atoms with van der Waals surface area (Å²) < 4.78 is 12.7. The third-order valence-corrected chi connectivity index (χ3v) is 2.38. The first-order chi connectivity index (χ1) is 8.52. The molecule has 0 radical (unpaired) electrons. The lowest BCUT2D eigenvalue weighted by molar-refractivity contribution is -0.131. The van der Waals surface area contributed by atoms with Crippen molar-refractivity contribution in [3.05, 3.63) is 35.6 Å². The fourth-order valence-corrected chi connectivity index (χ4v) is 1.33. The number of likely N-dealkylation sites (N-methyl/N-ethyl adjacent to an activating group) is 1. The Morgan fingerprint density at radius 3 is 2.50 bits per heavy atom. The van der Waals surface area contributed by atoms with Gasteiger partial charge in [0.05, 0.1) is 13.1 Å². The summed E-state index contributed by atoms with van der Waals surface area (Å²) in [6, 6.07) is 5.89. The van der Waals surface area contributed by atoms with Crippen LogP contribution in [0.5, 0.6) is 0 Å². The molecular formula is C12H16FN3O2. The normalized spacial score (nSPS) is 9.94. The van der Waals surface area contributed by atoms with Gasteiger partial charge in [0.1, 0.15) is 5.82 Å². The highest BCUT2D eigenvalue weighted by Crippen LogP contribution is 2.05. The number of carbonyl (C=O) groups is 2. The second-order valence-electron chi connectivity index (χ2n) is 3.86. The van der Waals surface area contributed by atoms with Crippen molar-refractivity contribution in [1.29, 1.82) is 0 Å². The highest BCUT2D eigenvalue weighted by atomic mass is 19.1. The predicted molar refractivity (Wildman–Crippen MR) is 64.9 cm³/mol. The van der Waals surface area contributed by atoms with E-state index in [1.54, 1.807) is 19.2 Å². The van der Waals surface area contributed by atoms with Gasteiger partial charge in [0.15, 0.2) is 0 Å². The molecule has 0 unspecified atom stereocenters. The van der Waals surface area contributed by atoms with Crippen LogP contribution in [0.1, 0.15) is 5.56 Å². The minimum atomic E-state index is -0.376. The zero-order valence-electron chi connectivity index (χ0n) is 10.1. The third kappa shape index (κ3) is 4.50. The van der Waals surface area contributed by atoms with Gasteiger partial charge in [-0.3, -0.25) is 9.59 Å². The van der Waals surface area contributed by atoms with Crippen molar-refractivity contribution < 1.29 is 14.0 Å². The lowest BCUT2D eigenvalue weighted by Gasteiger charge is -2.17. The number of nitrogens with zero attached hydrogens (tertiary/aromatic N) is 1. The standard InChI is InChI=1S/C12H16FN3O2/c1-16(12(18)7-15-11(17)6-14)8-9-2-4-10(13)5-3-9/h2-5H,6-8,14H2,1H3,(H,15,17). The van der Waals surface area contributed by atoms with Crippen molar-refractivity contribution >= 4 is 11.8 Å². The minimum absolute atomic E-state index is 0.0896. The van der Waals surface area contributed by atoms with Crippen molar-refractivity contribution in [2.45, 2.75) is 6.54 Å². The lowest BCUT2D eigenvalue weighted by atomic mass is 10.2. The molecule has 3 N–H and O–H groups in total. The first kappa shape index (κ1) is 14.1. The van der Waals surface area contributed by atoms with Gasteiger partial charge < -0.3 is 16.0 Å². The van der Waals surface area contributed by atoms with Crippen molar-refractivity contribution in [2.24, 2.45) is 5.73 Å². The molecule has 0 heterocycles. The van der Waals surface area contributed by atoms with Gasteiger partial charge in [-0.25, -0.2) is 4.39 Å². The van der Waals surface area contributed by atoms with Crippen LogP contribution in [0.4, 0.5) is 4.39 Å². The van der Waals surface area contributed by atoms with Crippen LogP contribution in [0.25, 0.3) is 0 Å². The zero-order chi connectivity index (χ0) is 13.5. The molecule has 0 saturated carbocycles. The Kier molecular flexibility index (Phi) is 5.26. The van der Waals surface area contributed by atoms with Crippen LogP contribution >= 0.6 is 0 Å². The van der Waals surface area contributed by atoms with E-state index in [0.717, 1.165) is 5.56 Å². The van der Waals surface area contributed by atoms with Gasteiger partial charge in [0.25, 0.3) is 0 Å². The predicted octanol–water partition coefficient (Wildman–Crippen LogP) is -0.141. The van der Waals surface area contributed by atoms with Crippen LogP contribution < -0.4 is 11.1 Å². The average molecular weight is 253 g/mol. The van der Waals surface area contributed by atoms with E-state index in [0.29, 0.717) is 6.54 Å². The van der Waals surface area contributed by atoms with E-state index in [4.69, 9.17) is 5.73 Å². The first-order valence-electron chi connectivity index (χ1n) is 5.48. The summed E-state index contributed by atoms with van der Waals surface area (Å²) >= 11 is 0. The Balaban J connectivity index is 2.44. The smallest absolute Gasteiger partial charge is 0.242 e. The van der Waals surface area contributed by atoms with Crippen LogP contribution in [0.3, 0.4) is 0 Å². The number of rotatable bonds is 5. The van der Waals surface area contributed by atoms with Crippen LogP contribution in [-0.4, -0.2) is 36.9 Å². The van der Waals surface area contributed by atoms with Gasteiger partial charge in [-0.05, 0) is 17.7 Å². The molecule has 0 atom stereocenters. The second-order valence-corrected chi connectivity index (χ2v) is 3.86. The fourth-order valence-electron chi connectivity index (χ4n) is 1.33. The SMILES string of the molecule is CN(Cc1ccc(F)cc1)C(=O)CNC(=O)CN. The fraction of sp³-hybridized carbons (Fsp3) is 0.333. The van der Waals surface area contributed by atoms with Crippen molar-refractivity contribution in [3.63, 3.8) is 0 Å². The third-order valence-electron chi connectivity index (χ3n) is 2.38. The number of benzene rings is 1. The second kappa shape index (κ2) is 6.70. The summed E-state index contributed by atoms with van der Waals surface area (Å²) in [5.41, 5.74) is 5.92. The van der Waals surface area contributed by atoms with E-state index in [1.807, 2.05) is 0 Å².